The van der Waals surface area contributed by atoms with Crippen molar-refractivity contribution >= 4 is 21.4 Å². The fourth-order valence-electron chi connectivity index (χ4n) is 3.70. The summed E-state index contributed by atoms with van der Waals surface area (Å²) in [6.07, 6.45) is 1.50. The van der Waals surface area contributed by atoms with Crippen molar-refractivity contribution in [2.24, 2.45) is 0 Å². The number of nitrogens with zero attached hydrogens (tertiary/aromatic N) is 3. The number of piperazine rings is 1. The fraction of sp³-hybridized carbons (Fsp3) is 0.174. The molecule has 2 aromatic carbocycles. The highest BCUT2D eigenvalue weighted by atomic mass is 32.2. The Kier molecular flexibility index (Phi) is 4.99. The number of rotatable bonds is 5. The average molecular weight is 436 g/mol. The molecule has 0 radical (unpaired) electrons. The summed E-state index contributed by atoms with van der Waals surface area (Å²) >= 11 is 0. The first kappa shape index (κ1) is 19.4. The average Bonchev–Trinajstić information content (AvgIpc) is 3.51. The van der Waals surface area contributed by atoms with Gasteiger partial charge in [-0.2, -0.15) is 4.98 Å². The summed E-state index contributed by atoms with van der Waals surface area (Å²) < 4.78 is 38.1. The molecule has 0 N–H and O–H groups in total. The number of para-hydroxylation sites is 1. The van der Waals surface area contributed by atoms with Crippen molar-refractivity contribution < 1.29 is 17.3 Å². The normalized spacial score (nSPS) is 14.7. The summed E-state index contributed by atoms with van der Waals surface area (Å²) in [5.74, 6) is 0.793. The molecule has 7 nitrogen and oxygen atoms in total. The van der Waals surface area contributed by atoms with E-state index in [-0.39, 0.29) is 21.7 Å². The molecule has 1 saturated heterocycles. The number of hydrogen-bond donors (Lipinski definition) is 0. The molecule has 0 amide bonds. The maximum absolute atomic E-state index is 13.4. The van der Waals surface area contributed by atoms with Gasteiger partial charge in [-0.25, -0.2) is 8.42 Å². The minimum absolute atomic E-state index is 0.0849. The highest BCUT2D eigenvalue weighted by Gasteiger charge is 2.33. The molecule has 158 valence electrons. The van der Waals surface area contributed by atoms with Crippen molar-refractivity contribution in [2.75, 3.05) is 36.0 Å². The number of sulfone groups is 1. The zero-order valence-corrected chi connectivity index (χ0v) is 17.5. The standard InChI is InChI=1S/C23H21N3O4S/c27-31(28,19-10-5-2-6-11-19)22-23(30-21(24-22)20-12-7-17-29-20)26-15-13-25(14-16-26)18-8-3-1-4-9-18/h1-12,17H,13-16H2. The third kappa shape index (κ3) is 3.70. The van der Waals surface area contributed by atoms with Gasteiger partial charge >= 0.3 is 0 Å². The van der Waals surface area contributed by atoms with Gasteiger partial charge in [-0.05, 0) is 36.4 Å². The number of furan rings is 1. The quantitative estimate of drug-likeness (QED) is 0.467. The van der Waals surface area contributed by atoms with Crippen molar-refractivity contribution in [1.29, 1.82) is 0 Å². The van der Waals surface area contributed by atoms with Crippen molar-refractivity contribution in [1.82, 2.24) is 4.98 Å². The summed E-state index contributed by atoms with van der Waals surface area (Å²) in [4.78, 5) is 8.74. The van der Waals surface area contributed by atoms with E-state index in [2.05, 4.69) is 22.0 Å². The number of anilines is 2. The van der Waals surface area contributed by atoms with Crippen LogP contribution in [-0.2, 0) is 9.84 Å². The maximum Gasteiger partial charge on any atom is 0.266 e. The first-order valence-corrected chi connectivity index (χ1v) is 11.5. The Labute approximate surface area is 180 Å². The van der Waals surface area contributed by atoms with E-state index in [0.717, 1.165) is 18.8 Å². The molecular weight excluding hydrogens is 414 g/mol. The van der Waals surface area contributed by atoms with Crippen LogP contribution < -0.4 is 9.80 Å². The molecule has 0 unspecified atom stereocenters. The molecule has 1 aliphatic heterocycles. The Balaban J connectivity index is 1.50. The van der Waals surface area contributed by atoms with Gasteiger partial charge in [0.15, 0.2) is 5.76 Å². The number of benzene rings is 2. The summed E-state index contributed by atoms with van der Waals surface area (Å²) in [6.45, 7) is 2.70. The van der Waals surface area contributed by atoms with Crippen LogP contribution in [0.5, 0.6) is 0 Å². The second-order valence-corrected chi connectivity index (χ2v) is 9.10. The Morgan fingerprint density at radius 3 is 2.06 bits per heavy atom. The second-order valence-electron chi connectivity index (χ2n) is 7.23. The van der Waals surface area contributed by atoms with Crippen molar-refractivity contribution in [2.45, 2.75) is 9.92 Å². The number of oxazole rings is 1. The van der Waals surface area contributed by atoms with Gasteiger partial charge in [0.2, 0.25) is 20.7 Å². The second kappa shape index (κ2) is 7.96. The Hall–Kier alpha value is -3.52. The third-order valence-electron chi connectivity index (χ3n) is 5.31. The predicted molar refractivity (Wildman–Crippen MR) is 117 cm³/mol. The van der Waals surface area contributed by atoms with Crippen LogP contribution in [0.15, 0.2) is 97.8 Å². The maximum atomic E-state index is 13.4. The number of aromatic nitrogens is 1. The molecule has 31 heavy (non-hydrogen) atoms. The number of hydrogen-bond acceptors (Lipinski definition) is 7. The molecule has 0 saturated carbocycles. The zero-order chi connectivity index (χ0) is 21.3. The zero-order valence-electron chi connectivity index (χ0n) is 16.7. The predicted octanol–water partition coefficient (Wildman–Crippen LogP) is 4.09. The van der Waals surface area contributed by atoms with Gasteiger partial charge in [-0.1, -0.05) is 36.4 Å². The van der Waals surface area contributed by atoms with E-state index in [0.29, 0.717) is 18.8 Å². The largest absolute Gasteiger partial charge is 0.459 e. The molecule has 4 aromatic rings. The molecule has 0 aliphatic carbocycles. The smallest absolute Gasteiger partial charge is 0.266 e. The van der Waals surface area contributed by atoms with E-state index in [9.17, 15) is 8.42 Å². The van der Waals surface area contributed by atoms with E-state index in [1.165, 1.54) is 6.26 Å². The van der Waals surface area contributed by atoms with Crippen LogP contribution in [0, 0.1) is 0 Å². The summed E-state index contributed by atoms with van der Waals surface area (Å²) in [6, 6.07) is 21.9. The van der Waals surface area contributed by atoms with Gasteiger partial charge < -0.3 is 18.6 Å². The molecule has 5 rings (SSSR count). The molecule has 8 heteroatoms. The Morgan fingerprint density at radius 1 is 0.774 bits per heavy atom. The third-order valence-corrected chi connectivity index (χ3v) is 6.98. The lowest BCUT2D eigenvalue weighted by Gasteiger charge is -2.36. The van der Waals surface area contributed by atoms with Crippen molar-refractivity contribution in [3.8, 4) is 11.7 Å². The van der Waals surface area contributed by atoms with E-state index < -0.39 is 9.84 Å². The molecule has 3 heterocycles. The molecule has 1 fully saturated rings. The SMILES string of the molecule is O=S(=O)(c1ccccc1)c1nc(-c2ccco2)oc1N1CCN(c2ccccc2)CC1. The minimum Gasteiger partial charge on any atom is -0.459 e. The van der Waals surface area contributed by atoms with Gasteiger partial charge in [0.05, 0.1) is 11.2 Å². The van der Waals surface area contributed by atoms with Gasteiger partial charge in [-0.3, -0.25) is 0 Å². The first-order chi connectivity index (χ1) is 15.1. The molecular formula is C23H21N3O4S. The summed E-state index contributed by atoms with van der Waals surface area (Å²) in [5.41, 5.74) is 1.15. The molecule has 0 spiro atoms. The minimum atomic E-state index is -3.86. The van der Waals surface area contributed by atoms with Crippen molar-refractivity contribution in [3.63, 3.8) is 0 Å². The van der Waals surface area contributed by atoms with Crippen LogP contribution in [-0.4, -0.2) is 39.6 Å². The lowest BCUT2D eigenvalue weighted by atomic mass is 10.2. The van der Waals surface area contributed by atoms with Crippen LogP contribution in [0.3, 0.4) is 0 Å². The molecule has 1 aliphatic rings. The van der Waals surface area contributed by atoms with E-state index in [1.807, 2.05) is 23.1 Å². The highest BCUT2D eigenvalue weighted by Crippen LogP contribution is 2.35. The van der Waals surface area contributed by atoms with Gasteiger partial charge in [0.25, 0.3) is 5.89 Å². The fourth-order valence-corrected chi connectivity index (χ4v) is 5.04. The van der Waals surface area contributed by atoms with Gasteiger partial charge in [0, 0.05) is 31.9 Å². The monoisotopic (exact) mass is 435 g/mol. The van der Waals surface area contributed by atoms with Crippen LogP contribution in [0.1, 0.15) is 0 Å². The Bertz CT molecular complexity index is 1240. The van der Waals surface area contributed by atoms with Gasteiger partial charge in [-0.15, -0.1) is 0 Å². The molecule has 0 atom stereocenters. The van der Waals surface area contributed by atoms with Crippen LogP contribution in [0.25, 0.3) is 11.7 Å². The van der Waals surface area contributed by atoms with E-state index >= 15 is 0 Å². The summed E-state index contributed by atoms with van der Waals surface area (Å²) in [7, 11) is -3.86. The lowest BCUT2D eigenvalue weighted by Crippen LogP contribution is -2.46. The van der Waals surface area contributed by atoms with E-state index in [1.54, 1.807) is 42.5 Å². The highest BCUT2D eigenvalue weighted by molar-refractivity contribution is 7.91. The molecule has 0 bridgehead atoms. The van der Waals surface area contributed by atoms with E-state index in [4.69, 9.17) is 8.83 Å². The lowest BCUT2D eigenvalue weighted by molar-refractivity contribution is 0.498. The summed E-state index contributed by atoms with van der Waals surface area (Å²) in [5, 5.41) is -0.0849. The topological polar surface area (TPSA) is 79.8 Å². The molecule has 2 aromatic heterocycles. The first-order valence-electron chi connectivity index (χ1n) is 10.0. The van der Waals surface area contributed by atoms with Crippen LogP contribution >= 0.6 is 0 Å². The van der Waals surface area contributed by atoms with Crippen molar-refractivity contribution in [3.05, 3.63) is 79.1 Å². The van der Waals surface area contributed by atoms with Gasteiger partial charge in [0.1, 0.15) is 0 Å². The Morgan fingerprint density at radius 2 is 1.42 bits per heavy atom. The van der Waals surface area contributed by atoms with Crippen LogP contribution in [0.2, 0.25) is 0 Å². The van der Waals surface area contributed by atoms with Crippen LogP contribution in [0.4, 0.5) is 11.6 Å².